The fraction of sp³-hybridized carbons (Fsp3) is 0.600. The molecule has 2 rings (SSSR count). The Bertz CT molecular complexity index is 315. The van der Waals surface area contributed by atoms with Gasteiger partial charge in [0.05, 0.1) is 17.2 Å². The van der Waals surface area contributed by atoms with Crippen molar-refractivity contribution < 1.29 is 4.79 Å². The predicted molar refractivity (Wildman–Crippen MR) is 74.3 cm³/mol. The molecule has 98 valence electrons. The molecule has 7 heteroatoms. The molecule has 0 bridgehead atoms. The lowest BCUT2D eigenvalue weighted by Gasteiger charge is -2.10. The normalized spacial score (nSPS) is 18.0. The van der Waals surface area contributed by atoms with Gasteiger partial charge in [-0.15, -0.1) is 36.2 Å². The van der Waals surface area contributed by atoms with Gasteiger partial charge in [-0.1, -0.05) is 0 Å². The van der Waals surface area contributed by atoms with Crippen LogP contribution in [-0.4, -0.2) is 30.0 Å². The summed E-state index contributed by atoms with van der Waals surface area (Å²) >= 11 is 1.59. The molecule has 1 atom stereocenters. The Labute approximate surface area is 117 Å². The lowest BCUT2D eigenvalue weighted by atomic mass is 10.2. The van der Waals surface area contributed by atoms with Crippen LogP contribution < -0.4 is 10.6 Å². The first kappa shape index (κ1) is 16.6. The van der Waals surface area contributed by atoms with E-state index in [1.54, 1.807) is 11.3 Å². The zero-order chi connectivity index (χ0) is 10.5. The molecule has 0 spiro atoms. The van der Waals surface area contributed by atoms with E-state index < -0.39 is 0 Å². The number of rotatable bonds is 4. The van der Waals surface area contributed by atoms with E-state index in [1.165, 1.54) is 0 Å². The minimum Gasteiger partial charge on any atom is -0.354 e. The van der Waals surface area contributed by atoms with Gasteiger partial charge in [0.25, 0.3) is 0 Å². The topological polar surface area (TPSA) is 54.0 Å². The summed E-state index contributed by atoms with van der Waals surface area (Å²) in [7, 11) is 0. The molecule has 1 aromatic heterocycles. The number of hydrogen-bond acceptors (Lipinski definition) is 4. The molecule has 1 amide bonds. The molecule has 1 aromatic rings. The molecule has 1 fully saturated rings. The molecule has 0 radical (unpaired) electrons. The Kier molecular flexibility index (Phi) is 8.51. The van der Waals surface area contributed by atoms with E-state index in [-0.39, 0.29) is 36.8 Å². The highest BCUT2D eigenvalue weighted by molar-refractivity contribution is 7.07. The lowest BCUT2D eigenvalue weighted by molar-refractivity contribution is -0.122. The summed E-state index contributed by atoms with van der Waals surface area (Å²) in [5.41, 5.74) is 2.87. The largest absolute Gasteiger partial charge is 0.354 e. The van der Waals surface area contributed by atoms with Gasteiger partial charge >= 0.3 is 0 Å². The number of thiazole rings is 1. The third-order valence-electron chi connectivity index (χ3n) is 2.54. The van der Waals surface area contributed by atoms with Crippen LogP contribution >= 0.6 is 36.2 Å². The summed E-state index contributed by atoms with van der Waals surface area (Å²) in [6.45, 7) is 1.64. The Hall–Kier alpha value is -0.360. The van der Waals surface area contributed by atoms with Crippen LogP contribution in [0.15, 0.2) is 10.9 Å². The van der Waals surface area contributed by atoms with Crippen molar-refractivity contribution in [1.29, 1.82) is 0 Å². The molecular weight excluding hydrogens is 281 g/mol. The monoisotopic (exact) mass is 297 g/mol. The Balaban J connectivity index is 0.00000128. The summed E-state index contributed by atoms with van der Waals surface area (Å²) < 4.78 is 0. The third kappa shape index (κ3) is 5.21. The number of carbonyl (C=O) groups is 1. The highest BCUT2D eigenvalue weighted by Gasteiger charge is 2.21. The highest BCUT2D eigenvalue weighted by Crippen LogP contribution is 2.05. The van der Waals surface area contributed by atoms with Gasteiger partial charge in [0.2, 0.25) is 5.91 Å². The first-order valence-electron chi connectivity index (χ1n) is 5.24. The van der Waals surface area contributed by atoms with Gasteiger partial charge in [-0.25, -0.2) is 4.98 Å². The van der Waals surface area contributed by atoms with Crippen molar-refractivity contribution in [3.05, 3.63) is 16.6 Å². The summed E-state index contributed by atoms with van der Waals surface area (Å²) in [5, 5.41) is 8.11. The molecule has 1 aliphatic rings. The molecule has 1 saturated heterocycles. The predicted octanol–water partition coefficient (Wildman–Crippen LogP) is 1.40. The van der Waals surface area contributed by atoms with Gasteiger partial charge in [0, 0.05) is 18.3 Å². The molecule has 17 heavy (non-hydrogen) atoms. The van der Waals surface area contributed by atoms with Crippen molar-refractivity contribution in [2.45, 2.75) is 25.3 Å². The fourth-order valence-corrected chi connectivity index (χ4v) is 2.30. The van der Waals surface area contributed by atoms with Gasteiger partial charge in [0.1, 0.15) is 0 Å². The van der Waals surface area contributed by atoms with Gasteiger partial charge in [0.15, 0.2) is 0 Å². The molecule has 4 nitrogen and oxygen atoms in total. The van der Waals surface area contributed by atoms with Crippen LogP contribution in [-0.2, 0) is 11.2 Å². The molecule has 0 aromatic carbocycles. The van der Waals surface area contributed by atoms with Crippen molar-refractivity contribution in [2.75, 3.05) is 13.1 Å². The smallest absolute Gasteiger partial charge is 0.237 e. The third-order valence-corrected chi connectivity index (χ3v) is 3.18. The highest BCUT2D eigenvalue weighted by atomic mass is 35.5. The number of hydrogen-bond donors (Lipinski definition) is 2. The average Bonchev–Trinajstić information content (AvgIpc) is 2.90. The van der Waals surface area contributed by atoms with E-state index in [4.69, 9.17) is 0 Å². The molecule has 0 aliphatic carbocycles. The van der Waals surface area contributed by atoms with Crippen LogP contribution in [0.3, 0.4) is 0 Å². The van der Waals surface area contributed by atoms with Crippen molar-refractivity contribution in [2.24, 2.45) is 0 Å². The Morgan fingerprint density at radius 2 is 2.41 bits per heavy atom. The number of amides is 1. The van der Waals surface area contributed by atoms with Crippen LogP contribution in [0, 0.1) is 0 Å². The van der Waals surface area contributed by atoms with E-state index in [1.807, 2.05) is 10.9 Å². The van der Waals surface area contributed by atoms with E-state index >= 15 is 0 Å². The lowest BCUT2D eigenvalue weighted by Crippen LogP contribution is -2.41. The van der Waals surface area contributed by atoms with Crippen LogP contribution in [0.4, 0.5) is 0 Å². The van der Waals surface area contributed by atoms with Crippen LogP contribution in [0.25, 0.3) is 0 Å². The summed E-state index contributed by atoms with van der Waals surface area (Å²) in [4.78, 5) is 15.7. The summed E-state index contributed by atoms with van der Waals surface area (Å²) in [5.74, 6) is 0.128. The second-order valence-electron chi connectivity index (χ2n) is 3.67. The molecule has 1 aliphatic heterocycles. The van der Waals surface area contributed by atoms with Gasteiger partial charge in [-0.3, -0.25) is 4.79 Å². The van der Waals surface area contributed by atoms with E-state index in [2.05, 4.69) is 15.6 Å². The van der Waals surface area contributed by atoms with Crippen molar-refractivity contribution >= 4 is 42.1 Å². The van der Waals surface area contributed by atoms with Gasteiger partial charge < -0.3 is 10.6 Å². The maximum Gasteiger partial charge on any atom is 0.237 e. The summed E-state index contributed by atoms with van der Waals surface area (Å²) in [6, 6.07) is 0.0282. The zero-order valence-corrected chi connectivity index (χ0v) is 11.8. The maximum absolute atomic E-state index is 11.6. The fourth-order valence-electron chi connectivity index (χ4n) is 1.71. The summed E-state index contributed by atoms with van der Waals surface area (Å²) in [6.07, 6.45) is 2.88. The molecular formula is C10H17Cl2N3OS. The standard InChI is InChI=1S/C10H15N3OS.2ClH/c14-10(9-2-1-4-11-9)12-5-3-8-6-15-7-13-8;;/h6-7,9,11H,1-5H2,(H,12,14);2*1H. The molecule has 1 unspecified atom stereocenters. The second-order valence-corrected chi connectivity index (χ2v) is 4.39. The number of nitrogens with zero attached hydrogens (tertiary/aromatic N) is 1. The number of aromatic nitrogens is 1. The van der Waals surface area contributed by atoms with E-state index in [9.17, 15) is 4.79 Å². The van der Waals surface area contributed by atoms with Crippen molar-refractivity contribution in [3.8, 4) is 0 Å². The number of nitrogens with one attached hydrogen (secondary N) is 2. The van der Waals surface area contributed by atoms with Gasteiger partial charge in [-0.05, 0) is 19.4 Å². The minimum absolute atomic E-state index is 0. The quantitative estimate of drug-likeness (QED) is 0.883. The number of carbonyl (C=O) groups excluding carboxylic acids is 1. The minimum atomic E-state index is 0. The molecule has 2 heterocycles. The van der Waals surface area contributed by atoms with E-state index in [0.29, 0.717) is 6.54 Å². The van der Waals surface area contributed by atoms with Crippen LogP contribution in [0.2, 0.25) is 0 Å². The Morgan fingerprint density at radius 1 is 1.59 bits per heavy atom. The molecule has 0 saturated carbocycles. The SMILES string of the molecule is Cl.Cl.O=C(NCCc1cscn1)C1CCCN1. The maximum atomic E-state index is 11.6. The van der Waals surface area contributed by atoms with E-state index in [0.717, 1.165) is 31.5 Å². The van der Waals surface area contributed by atoms with Crippen LogP contribution in [0.5, 0.6) is 0 Å². The first-order chi connectivity index (χ1) is 7.36. The van der Waals surface area contributed by atoms with Crippen molar-refractivity contribution in [1.82, 2.24) is 15.6 Å². The zero-order valence-electron chi connectivity index (χ0n) is 9.35. The van der Waals surface area contributed by atoms with Crippen molar-refractivity contribution in [3.63, 3.8) is 0 Å². The van der Waals surface area contributed by atoms with Crippen LogP contribution in [0.1, 0.15) is 18.5 Å². The van der Waals surface area contributed by atoms with Gasteiger partial charge in [-0.2, -0.15) is 0 Å². The second kappa shape index (κ2) is 8.69. The average molecular weight is 298 g/mol. The number of halogens is 2. The Morgan fingerprint density at radius 3 is 3.00 bits per heavy atom. The first-order valence-corrected chi connectivity index (χ1v) is 6.19. The molecule has 2 N–H and O–H groups in total.